The van der Waals surface area contributed by atoms with Gasteiger partial charge in [-0.2, -0.15) is 4.57 Å². The van der Waals surface area contributed by atoms with E-state index in [9.17, 15) is 0 Å². The predicted octanol–water partition coefficient (Wildman–Crippen LogP) is 4.85. The first-order chi connectivity index (χ1) is 11.4. The molecule has 0 saturated heterocycles. The first-order valence-corrected chi connectivity index (χ1v) is 8.72. The van der Waals surface area contributed by atoms with Gasteiger partial charge in [-0.15, -0.1) is 0 Å². The zero-order chi connectivity index (χ0) is 17.4. The Kier molecular flexibility index (Phi) is 4.40. The summed E-state index contributed by atoms with van der Waals surface area (Å²) in [6, 6.07) is 11.2. The molecule has 0 fully saturated rings. The van der Waals surface area contributed by atoms with Crippen molar-refractivity contribution >= 4 is 11.0 Å². The summed E-state index contributed by atoms with van der Waals surface area (Å²) in [7, 11) is 2.15. The zero-order valence-electron chi connectivity index (χ0n) is 15.6. The Bertz CT molecular complexity index is 907. The van der Waals surface area contributed by atoms with Crippen LogP contribution < -0.4 is 4.57 Å². The van der Waals surface area contributed by atoms with Crippen LogP contribution in [0.1, 0.15) is 36.1 Å². The minimum absolute atomic E-state index is 0.658. The van der Waals surface area contributed by atoms with Gasteiger partial charge in [0.05, 0.1) is 5.56 Å². The maximum absolute atomic E-state index is 4.72. The topological polar surface area (TPSA) is 16.8 Å². The summed E-state index contributed by atoms with van der Waals surface area (Å²) in [6.07, 6.45) is 3.11. The van der Waals surface area contributed by atoms with Crippen LogP contribution in [0.25, 0.3) is 22.3 Å². The SMILES string of the molecule is Cc1cc(C)c(C)c(-c2cnc3ccc(CC(C)C)cc3[n+]2C)c1. The third kappa shape index (κ3) is 3.06. The molecule has 0 aliphatic heterocycles. The summed E-state index contributed by atoms with van der Waals surface area (Å²) in [6.45, 7) is 11.1. The van der Waals surface area contributed by atoms with Crippen LogP contribution in [0.15, 0.2) is 36.5 Å². The van der Waals surface area contributed by atoms with Crippen LogP contribution in [-0.4, -0.2) is 4.98 Å². The number of nitrogens with zero attached hydrogens (tertiary/aromatic N) is 2. The fourth-order valence-corrected chi connectivity index (χ4v) is 3.45. The van der Waals surface area contributed by atoms with Crippen molar-refractivity contribution in [2.24, 2.45) is 13.0 Å². The van der Waals surface area contributed by atoms with Crippen molar-refractivity contribution in [1.29, 1.82) is 0 Å². The van der Waals surface area contributed by atoms with Crippen molar-refractivity contribution in [2.45, 2.75) is 41.0 Å². The van der Waals surface area contributed by atoms with E-state index >= 15 is 0 Å². The highest BCUT2D eigenvalue weighted by Crippen LogP contribution is 2.25. The first-order valence-electron chi connectivity index (χ1n) is 8.72. The van der Waals surface area contributed by atoms with Gasteiger partial charge in [0, 0.05) is 6.07 Å². The van der Waals surface area contributed by atoms with E-state index in [1.165, 1.54) is 39.0 Å². The quantitative estimate of drug-likeness (QED) is 0.631. The molecule has 0 spiro atoms. The molecule has 0 unspecified atom stereocenters. The number of aromatic nitrogens is 2. The third-order valence-corrected chi connectivity index (χ3v) is 4.82. The highest BCUT2D eigenvalue weighted by Gasteiger charge is 2.18. The number of aryl methyl sites for hydroxylation is 3. The highest BCUT2D eigenvalue weighted by atomic mass is 15.0. The van der Waals surface area contributed by atoms with Crippen LogP contribution in [0, 0.1) is 26.7 Å². The number of hydrogen-bond donors (Lipinski definition) is 0. The molecule has 0 atom stereocenters. The van der Waals surface area contributed by atoms with Gasteiger partial charge in [-0.3, -0.25) is 0 Å². The van der Waals surface area contributed by atoms with Gasteiger partial charge >= 0.3 is 0 Å². The molecular formula is C22H27N2+. The average Bonchev–Trinajstić information content (AvgIpc) is 2.51. The monoisotopic (exact) mass is 319 g/mol. The van der Waals surface area contributed by atoms with Crippen LogP contribution >= 0.6 is 0 Å². The Morgan fingerprint density at radius 1 is 1.04 bits per heavy atom. The Balaban J connectivity index is 2.21. The van der Waals surface area contributed by atoms with E-state index in [2.05, 4.69) is 76.6 Å². The van der Waals surface area contributed by atoms with E-state index < -0.39 is 0 Å². The molecule has 2 nitrogen and oxygen atoms in total. The van der Waals surface area contributed by atoms with E-state index in [1.54, 1.807) is 0 Å². The van der Waals surface area contributed by atoms with Crippen LogP contribution in [0.5, 0.6) is 0 Å². The molecule has 0 amide bonds. The first kappa shape index (κ1) is 16.6. The van der Waals surface area contributed by atoms with Gasteiger partial charge in [0.15, 0.2) is 0 Å². The predicted molar refractivity (Wildman–Crippen MR) is 101 cm³/mol. The molecule has 2 aromatic carbocycles. The summed E-state index contributed by atoms with van der Waals surface area (Å²) < 4.78 is 2.29. The molecule has 3 rings (SSSR count). The lowest BCUT2D eigenvalue weighted by molar-refractivity contribution is -0.634. The van der Waals surface area contributed by atoms with Gasteiger partial charge in [-0.1, -0.05) is 31.5 Å². The molecule has 0 aliphatic rings. The van der Waals surface area contributed by atoms with Gasteiger partial charge in [0.2, 0.25) is 11.2 Å². The van der Waals surface area contributed by atoms with E-state index in [4.69, 9.17) is 4.98 Å². The fraction of sp³-hybridized carbons (Fsp3) is 0.364. The number of benzene rings is 2. The number of fused-ring (bicyclic) bond motifs is 1. The van der Waals surface area contributed by atoms with Crippen molar-refractivity contribution in [3.8, 4) is 11.3 Å². The molecule has 0 aliphatic carbocycles. The standard InChI is InChI=1S/C22H27N2/c1-14(2)9-18-7-8-20-21(12-18)24(6)22(13-23-20)19-11-15(3)10-16(4)17(19)5/h7-8,10-14H,9H2,1-6H3/q+1. The van der Waals surface area contributed by atoms with Crippen molar-refractivity contribution < 1.29 is 4.57 Å². The minimum Gasteiger partial charge on any atom is -0.243 e. The average molecular weight is 319 g/mol. The van der Waals surface area contributed by atoms with Gasteiger partial charge < -0.3 is 0 Å². The molecule has 0 N–H and O–H groups in total. The van der Waals surface area contributed by atoms with Crippen molar-refractivity contribution in [2.75, 3.05) is 0 Å². The summed E-state index contributed by atoms with van der Waals surface area (Å²) in [5.41, 5.74) is 10.0. The second-order valence-electron chi connectivity index (χ2n) is 7.38. The number of hydrogen-bond acceptors (Lipinski definition) is 1. The molecule has 3 aromatic rings. The summed E-state index contributed by atoms with van der Waals surface area (Å²) in [4.78, 5) is 4.72. The molecular weight excluding hydrogens is 292 g/mol. The van der Waals surface area contributed by atoms with Gasteiger partial charge in [-0.05, 0) is 61.9 Å². The second-order valence-corrected chi connectivity index (χ2v) is 7.38. The molecule has 24 heavy (non-hydrogen) atoms. The molecule has 2 heteroatoms. The van der Waals surface area contributed by atoms with Gasteiger partial charge in [0.1, 0.15) is 18.8 Å². The maximum atomic E-state index is 4.72. The molecule has 0 bridgehead atoms. The normalized spacial score (nSPS) is 11.5. The molecule has 0 saturated carbocycles. The van der Waals surface area contributed by atoms with Crippen LogP contribution in [-0.2, 0) is 13.5 Å². The van der Waals surface area contributed by atoms with Crippen molar-refractivity contribution in [1.82, 2.24) is 4.98 Å². The third-order valence-electron chi connectivity index (χ3n) is 4.82. The van der Waals surface area contributed by atoms with Gasteiger partial charge in [0.25, 0.3) is 0 Å². The van der Waals surface area contributed by atoms with Gasteiger partial charge in [-0.25, -0.2) is 4.98 Å². The Morgan fingerprint density at radius 2 is 1.79 bits per heavy atom. The fourth-order valence-electron chi connectivity index (χ4n) is 3.45. The lowest BCUT2D eigenvalue weighted by Gasteiger charge is -2.11. The Hall–Kier alpha value is -2.22. The van der Waals surface area contributed by atoms with E-state index in [-0.39, 0.29) is 0 Å². The van der Waals surface area contributed by atoms with E-state index in [0.717, 1.165) is 11.9 Å². The van der Waals surface area contributed by atoms with Crippen LogP contribution in [0.4, 0.5) is 0 Å². The van der Waals surface area contributed by atoms with E-state index in [0.29, 0.717) is 5.92 Å². The Morgan fingerprint density at radius 3 is 2.50 bits per heavy atom. The molecule has 0 radical (unpaired) electrons. The molecule has 1 aromatic heterocycles. The van der Waals surface area contributed by atoms with E-state index in [1.807, 2.05) is 6.20 Å². The summed E-state index contributed by atoms with van der Waals surface area (Å²) in [5, 5.41) is 0. The largest absolute Gasteiger partial charge is 0.243 e. The molecule has 124 valence electrons. The smallest absolute Gasteiger partial charge is 0.231 e. The number of rotatable bonds is 3. The highest BCUT2D eigenvalue weighted by molar-refractivity contribution is 5.74. The second kappa shape index (κ2) is 6.35. The zero-order valence-corrected chi connectivity index (χ0v) is 15.6. The molecule has 1 heterocycles. The van der Waals surface area contributed by atoms with Crippen LogP contribution in [0.3, 0.4) is 0 Å². The Labute approximate surface area is 145 Å². The van der Waals surface area contributed by atoms with Crippen molar-refractivity contribution in [3.05, 3.63) is 58.8 Å². The van der Waals surface area contributed by atoms with Crippen LogP contribution in [0.2, 0.25) is 0 Å². The van der Waals surface area contributed by atoms with Crippen molar-refractivity contribution in [3.63, 3.8) is 0 Å². The summed E-state index contributed by atoms with van der Waals surface area (Å²) >= 11 is 0. The lowest BCUT2D eigenvalue weighted by atomic mass is 9.97. The maximum Gasteiger partial charge on any atom is 0.231 e. The summed E-state index contributed by atoms with van der Waals surface area (Å²) in [5.74, 6) is 0.658. The lowest BCUT2D eigenvalue weighted by Crippen LogP contribution is -2.33. The minimum atomic E-state index is 0.658.